The van der Waals surface area contributed by atoms with E-state index in [1.807, 2.05) is 30.3 Å². The van der Waals surface area contributed by atoms with E-state index in [4.69, 9.17) is 10.2 Å². The van der Waals surface area contributed by atoms with E-state index in [0.29, 0.717) is 0 Å². The molecule has 0 spiro atoms. The summed E-state index contributed by atoms with van der Waals surface area (Å²) in [4.78, 5) is 1.74. The van der Waals surface area contributed by atoms with Gasteiger partial charge in [-0.05, 0) is 69.4 Å². The molecule has 4 nitrogen and oxygen atoms in total. The van der Waals surface area contributed by atoms with Crippen LogP contribution in [-0.2, 0) is 0 Å². The average molecular weight is 511 g/mol. The fourth-order valence-corrected chi connectivity index (χ4v) is 6.34. The summed E-state index contributed by atoms with van der Waals surface area (Å²) in [6, 6.07) is 47.4. The summed E-state index contributed by atoms with van der Waals surface area (Å²) >= 11 is 0. The van der Waals surface area contributed by atoms with Gasteiger partial charge in [0, 0.05) is 21.8 Å². The first kappa shape index (κ1) is 21.5. The van der Waals surface area contributed by atoms with Gasteiger partial charge in [0.15, 0.2) is 0 Å². The first-order valence-electron chi connectivity index (χ1n) is 13.5. The lowest BCUT2D eigenvalue weighted by atomic mass is 10.00. The lowest BCUT2D eigenvalue weighted by Gasteiger charge is -2.11. The Morgan fingerprint density at radius 2 is 1.12 bits per heavy atom. The molecule has 0 saturated carbocycles. The zero-order chi connectivity index (χ0) is 26.2. The summed E-state index contributed by atoms with van der Waals surface area (Å²) in [5, 5.41) is 19.5. The Morgan fingerprint density at radius 1 is 0.425 bits per heavy atom. The number of benzene rings is 7. The molecule has 0 atom stereocenters. The van der Waals surface area contributed by atoms with Crippen LogP contribution in [0, 0.1) is 0 Å². The van der Waals surface area contributed by atoms with Crippen molar-refractivity contribution in [2.24, 2.45) is 0 Å². The molecule has 0 saturated heterocycles. The zero-order valence-electron chi connectivity index (χ0n) is 21.5. The molecule has 0 aliphatic carbocycles. The monoisotopic (exact) mass is 510 g/mol. The van der Waals surface area contributed by atoms with Crippen molar-refractivity contribution in [2.75, 3.05) is 0 Å². The summed E-state index contributed by atoms with van der Waals surface area (Å²) in [6.07, 6.45) is 0. The van der Waals surface area contributed by atoms with Crippen LogP contribution in [0.5, 0.6) is 0 Å². The molecule has 9 aromatic rings. The first-order valence-corrected chi connectivity index (χ1v) is 13.5. The van der Waals surface area contributed by atoms with Gasteiger partial charge < -0.3 is 4.57 Å². The van der Waals surface area contributed by atoms with Crippen molar-refractivity contribution in [3.63, 3.8) is 0 Å². The highest BCUT2D eigenvalue weighted by Gasteiger charge is 2.16. The van der Waals surface area contributed by atoms with E-state index in [1.54, 1.807) is 4.80 Å². The predicted molar refractivity (Wildman–Crippen MR) is 166 cm³/mol. The molecule has 0 aliphatic heterocycles. The summed E-state index contributed by atoms with van der Waals surface area (Å²) in [5.74, 6) is 0. The van der Waals surface area contributed by atoms with E-state index < -0.39 is 0 Å². The number of hydrogen-bond acceptors (Lipinski definition) is 2. The molecule has 0 N–H and O–H groups in total. The normalized spacial score (nSPS) is 12.0. The second-order valence-corrected chi connectivity index (χ2v) is 10.4. The molecule has 0 unspecified atom stereocenters. The molecule has 0 aliphatic rings. The zero-order valence-corrected chi connectivity index (χ0v) is 21.5. The number of fused-ring (bicyclic) bond motifs is 10. The van der Waals surface area contributed by atoms with Crippen LogP contribution in [0.4, 0.5) is 0 Å². The van der Waals surface area contributed by atoms with Gasteiger partial charge in [0.2, 0.25) is 0 Å². The van der Waals surface area contributed by atoms with Crippen molar-refractivity contribution in [3.05, 3.63) is 133 Å². The Labute approximate surface area is 229 Å². The molecule has 0 bridgehead atoms. The third kappa shape index (κ3) is 2.96. The van der Waals surface area contributed by atoms with E-state index in [2.05, 4.69) is 108 Å². The highest BCUT2D eigenvalue weighted by molar-refractivity contribution is 6.22. The van der Waals surface area contributed by atoms with Gasteiger partial charge in [-0.3, -0.25) is 0 Å². The molecule has 186 valence electrons. The van der Waals surface area contributed by atoms with Crippen LogP contribution in [0.1, 0.15) is 0 Å². The quantitative estimate of drug-likeness (QED) is 0.218. The molecule has 9 rings (SSSR count). The van der Waals surface area contributed by atoms with Crippen molar-refractivity contribution >= 4 is 65.2 Å². The molecule has 2 heterocycles. The molecule has 40 heavy (non-hydrogen) atoms. The highest BCUT2D eigenvalue weighted by atomic mass is 15.5. The van der Waals surface area contributed by atoms with Crippen molar-refractivity contribution < 1.29 is 0 Å². The molecule has 4 heteroatoms. The van der Waals surface area contributed by atoms with E-state index in [-0.39, 0.29) is 0 Å². The molecular weight excluding hydrogens is 488 g/mol. The van der Waals surface area contributed by atoms with Crippen LogP contribution in [0.3, 0.4) is 0 Å². The van der Waals surface area contributed by atoms with Gasteiger partial charge in [0.05, 0.1) is 16.7 Å². The second kappa shape index (κ2) is 8.01. The fourth-order valence-electron chi connectivity index (χ4n) is 6.34. The number of hydrogen-bond donors (Lipinski definition) is 0. The van der Waals surface area contributed by atoms with Gasteiger partial charge in [-0.2, -0.15) is 4.80 Å². The smallest absolute Gasteiger partial charge is 0.122 e. The summed E-state index contributed by atoms with van der Waals surface area (Å²) in [7, 11) is 0. The molecule has 0 radical (unpaired) electrons. The maximum atomic E-state index is 4.99. The van der Waals surface area contributed by atoms with E-state index >= 15 is 0 Å². The SMILES string of the molecule is c1ccc(-n2nc3ccc4ccc5ccc(-n6c7ccccc7c7c8ccccc8ccc76)cc5c4c3n2)cc1. The molecule has 0 amide bonds. The summed E-state index contributed by atoms with van der Waals surface area (Å²) < 4.78 is 2.40. The van der Waals surface area contributed by atoms with Gasteiger partial charge >= 0.3 is 0 Å². The lowest BCUT2D eigenvalue weighted by Crippen LogP contribution is -1.97. The largest absolute Gasteiger partial charge is 0.309 e. The van der Waals surface area contributed by atoms with Crippen LogP contribution in [0.15, 0.2) is 133 Å². The number of para-hydroxylation sites is 2. The van der Waals surface area contributed by atoms with E-state index in [1.165, 1.54) is 43.4 Å². The predicted octanol–water partition coefficient (Wildman–Crippen LogP) is 8.98. The maximum Gasteiger partial charge on any atom is 0.122 e. The number of nitrogens with zero attached hydrogens (tertiary/aromatic N) is 4. The number of aromatic nitrogens is 4. The Bertz CT molecular complexity index is 2430. The van der Waals surface area contributed by atoms with Crippen LogP contribution in [0.25, 0.3) is 76.5 Å². The fraction of sp³-hybridized carbons (Fsp3) is 0. The first-order chi connectivity index (χ1) is 19.8. The third-order valence-electron chi connectivity index (χ3n) is 8.14. The standard InChI is InChI=1S/C36H22N4/c1-2-9-26(10-3-1)40-37-31-20-17-25-15-14-24-16-19-27(22-30(24)34(25)36(31)38-40)39-32-13-7-6-12-29(32)35-28-11-5-4-8-23(28)18-21-33(35)39/h1-22H. The van der Waals surface area contributed by atoms with E-state index in [0.717, 1.165) is 33.2 Å². The molecule has 0 fully saturated rings. The molecule has 7 aromatic carbocycles. The Balaban J connectivity index is 1.37. The van der Waals surface area contributed by atoms with Crippen LogP contribution in [-0.4, -0.2) is 19.6 Å². The maximum absolute atomic E-state index is 4.99. The minimum Gasteiger partial charge on any atom is -0.309 e. The van der Waals surface area contributed by atoms with Gasteiger partial charge in [0.25, 0.3) is 0 Å². The van der Waals surface area contributed by atoms with Crippen molar-refractivity contribution in [3.8, 4) is 11.4 Å². The molecule has 2 aromatic heterocycles. The van der Waals surface area contributed by atoms with Crippen molar-refractivity contribution in [1.29, 1.82) is 0 Å². The van der Waals surface area contributed by atoms with Crippen molar-refractivity contribution in [1.82, 2.24) is 19.6 Å². The highest BCUT2D eigenvalue weighted by Crippen LogP contribution is 2.38. The Kier molecular flexibility index (Phi) is 4.30. The average Bonchev–Trinajstić information content (AvgIpc) is 3.61. The summed E-state index contributed by atoms with van der Waals surface area (Å²) in [5.41, 5.74) is 6.29. The van der Waals surface area contributed by atoms with Gasteiger partial charge in [-0.25, -0.2) is 0 Å². The van der Waals surface area contributed by atoms with Crippen LogP contribution < -0.4 is 0 Å². The van der Waals surface area contributed by atoms with Crippen molar-refractivity contribution in [2.45, 2.75) is 0 Å². The summed E-state index contributed by atoms with van der Waals surface area (Å²) in [6.45, 7) is 0. The van der Waals surface area contributed by atoms with Gasteiger partial charge in [-0.1, -0.05) is 91.0 Å². The molecular formula is C36H22N4. The third-order valence-corrected chi connectivity index (χ3v) is 8.14. The van der Waals surface area contributed by atoms with Gasteiger partial charge in [-0.15, -0.1) is 10.2 Å². The van der Waals surface area contributed by atoms with Crippen LogP contribution in [0.2, 0.25) is 0 Å². The second-order valence-electron chi connectivity index (χ2n) is 10.4. The van der Waals surface area contributed by atoms with E-state index in [9.17, 15) is 0 Å². The minimum absolute atomic E-state index is 0.887. The van der Waals surface area contributed by atoms with Gasteiger partial charge in [0.1, 0.15) is 11.0 Å². The number of rotatable bonds is 2. The topological polar surface area (TPSA) is 35.6 Å². The lowest BCUT2D eigenvalue weighted by molar-refractivity contribution is 0.766. The Hall–Kier alpha value is -5.48. The minimum atomic E-state index is 0.887. The Morgan fingerprint density at radius 3 is 2.05 bits per heavy atom. The van der Waals surface area contributed by atoms with Crippen LogP contribution >= 0.6 is 0 Å².